The van der Waals surface area contributed by atoms with Crippen LogP contribution in [0, 0.1) is 0 Å². The standard InChI is InChI=1S/C15H15ClO2/c1-18-15(12-5-3-2-4-6-12)14(17)11-7-9-13(16)10-8-11/h2-10,14-15,17H,1H3. The van der Waals surface area contributed by atoms with Crippen LogP contribution in [0.3, 0.4) is 0 Å². The molecule has 2 unspecified atom stereocenters. The summed E-state index contributed by atoms with van der Waals surface area (Å²) in [5.41, 5.74) is 1.73. The Labute approximate surface area is 112 Å². The molecule has 0 aliphatic heterocycles. The van der Waals surface area contributed by atoms with Crippen LogP contribution in [0.15, 0.2) is 54.6 Å². The predicted octanol–water partition coefficient (Wildman–Crippen LogP) is 3.76. The Bertz CT molecular complexity index is 482. The first kappa shape index (κ1) is 13.1. The first-order valence-electron chi connectivity index (χ1n) is 5.73. The van der Waals surface area contributed by atoms with E-state index >= 15 is 0 Å². The minimum atomic E-state index is -0.713. The molecule has 0 bridgehead atoms. The number of halogens is 1. The summed E-state index contributed by atoms with van der Waals surface area (Å²) >= 11 is 5.83. The third-order valence-corrected chi connectivity index (χ3v) is 3.13. The van der Waals surface area contributed by atoms with Gasteiger partial charge in [0.05, 0.1) is 0 Å². The SMILES string of the molecule is COC(c1ccccc1)C(O)c1ccc(Cl)cc1. The maximum absolute atomic E-state index is 10.4. The smallest absolute Gasteiger partial charge is 0.112 e. The average Bonchev–Trinajstić information content (AvgIpc) is 2.41. The van der Waals surface area contributed by atoms with E-state index in [4.69, 9.17) is 16.3 Å². The molecule has 0 radical (unpaired) electrons. The van der Waals surface area contributed by atoms with Gasteiger partial charge in [-0.15, -0.1) is 0 Å². The Morgan fingerprint density at radius 1 is 0.944 bits per heavy atom. The second-order valence-corrected chi connectivity index (χ2v) is 4.50. The first-order chi connectivity index (χ1) is 8.72. The quantitative estimate of drug-likeness (QED) is 0.909. The summed E-state index contributed by atoms with van der Waals surface area (Å²) in [6.07, 6.45) is -1.10. The molecule has 18 heavy (non-hydrogen) atoms. The van der Waals surface area contributed by atoms with Gasteiger partial charge in [0, 0.05) is 12.1 Å². The summed E-state index contributed by atoms with van der Waals surface area (Å²) in [5, 5.41) is 11.0. The zero-order valence-corrected chi connectivity index (χ0v) is 10.8. The molecule has 2 aromatic carbocycles. The van der Waals surface area contributed by atoms with E-state index in [0.717, 1.165) is 11.1 Å². The van der Waals surface area contributed by atoms with Crippen LogP contribution in [0.1, 0.15) is 23.3 Å². The Morgan fingerprint density at radius 2 is 1.56 bits per heavy atom. The summed E-state index contributed by atoms with van der Waals surface area (Å²) in [6.45, 7) is 0. The van der Waals surface area contributed by atoms with E-state index in [-0.39, 0.29) is 6.10 Å². The molecule has 0 aromatic heterocycles. The fourth-order valence-electron chi connectivity index (χ4n) is 1.92. The summed E-state index contributed by atoms with van der Waals surface area (Å²) in [7, 11) is 1.59. The monoisotopic (exact) mass is 262 g/mol. The Kier molecular flexibility index (Phi) is 4.37. The van der Waals surface area contributed by atoms with Crippen LogP contribution in [-0.2, 0) is 4.74 Å². The minimum absolute atomic E-state index is 0.382. The van der Waals surface area contributed by atoms with Gasteiger partial charge in [0.1, 0.15) is 12.2 Å². The fourth-order valence-corrected chi connectivity index (χ4v) is 2.05. The van der Waals surface area contributed by atoms with Gasteiger partial charge in [-0.2, -0.15) is 0 Å². The summed E-state index contributed by atoms with van der Waals surface area (Å²) in [6, 6.07) is 16.8. The Balaban J connectivity index is 2.25. The van der Waals surface area contributed by atoms with E-state index in [1.165, 1.54) is 0 Å². The molecule has 94 valence electrons. The maximum Gasteiger partial charge on any atom is 0.112 e. The third kappa shape index (κ3) is 2.91. The number of rotatable bonds is 4. The maximum atomic E-state index is 10.4. The van der Waals surface area contributed by atoms with Gasteiger partial charge in [-0.3, -0.25) is 0 Å². The topological polar surface area (TPSA) is 29.5 Å². The number of hydrogen-bond acceptors (Lipinski definition) is 2. The molecule has 2 rings (SSSR count). The molecule has 0 saturated carbocycles. The number of ether oxygens (including phenoxy) is 1. The van der Waals surface area contributed by atoms with Gasteiger partial charge in [-0.25, -0.2) is 0 Å². The predicted molar refractivity (Wildman–Crippen MR) is 72.6 cm³/mol. The number of aliphatic hydroxyl groups is 1. The number of benzene rings is 2. The molecule has 2 nitrogen and oxygen atoms in total. The molecule has 3 heteroatoms. The highest BCUT2D eigenvalue weighted by Gasteiger charge is 2.22. The second-order valence-electron chi connectivity index (χ2n) is 4.06. The van der Waals surface area contributed by atoms with Crippen molar-refractivity contribution in [2.45, 2.75) is 12.2 Å². The van der Waals surface area contributed by atoms with E-state index in [1.807, 2.05) is 42.5 Å². The lowest BCUT2D eigenvalue weighted by atomic mass is 9.98. The Hall–Kier alpha value is -1.35. The van der Waals surface area contributed by atoms with Crippen LogP contribution in [0.4, 0.5) is 0 Å². The van der Waals surface area contributed by atoms with Gasteiger partial charge >= 0.3 is 0 Å². The van der Waals surface area contributed by atoms with Crippen molar-refractivity contribution in [2.24, 2.45) is 0 Å². The average molecular weight is 263 g/mol. The number of methoxy groups -OCH3 is 1. The summed E-state index contributed by atoms with van der Waals surface area (Å²) in [4.78, 5) is 0. The van der Waals surface area contributed by atoms with Crippen molar-refractivity contribution in [3.8, 4) is 0 Å². The summed E-state index contributed by atoms with van der Waals surface area (Å²) < 4.78 is 5.40. The fraction of sp³-hybridized carbons (Fsp3) is 0.200. The van der Waals surface area contributed by atoms with Crippen molar-refractivity contribution in [2.75, 3.05) is 7.11 Å². The van der Waals surface area contributed by atoms with Gasteiger partial charge < -0.3 is 9.84 Å². The van der Waals surface area contributed by atoms with Gasteiger partial charge in [0.2, 0.25) is 0 Å². The largest absolute Gasteiger partial charge is 0.385 e. The Morgan fingerprint density at radius 3 is 2.11 bits per heavy atom. The van der Waals surface area contributed by atoms with Crippen LogP contribution < -0.4 is 0 Å². The van der Waals surface area contributed by atoms with Crippen LogP contribution >= 0.6 is 11.6 Å². The molecule has 0 heterocycles. The zero-order valence-electron chi connectivity index (χ0n) is 10.1. The molecular weight excluding hydrogens is 248 g/mol. The van der Waals surface area contributed by atoms with Crippen LogP contribution in [-0.4, -0.2) is 12.2 Å². The molecule has 0 aliphatic carbocycles. The van der Waals surface area contributed by atoms with Crippen molar-refractivity contribution < 1.29 is 9.84 Å². The zero-order chi connectivity index (χ0) is 13.0. The van der Waals surface area contributed by atoms with Crippen LogP contribution in [0.25, 0.3) is 0 Å². The van der Waals surface area contributed by atoms with E-state index < -0.39 is 6.10 Å². The van der Waals surface area contributed by atoms with E-state index in [0.29, 0.717) is 5.02 Å². The van der Waals surface area contributed by atoms with E-state index in [9.17, 15) is 5.11 Å². The molecule has 2 aromatic rings. The van der Waals surface area contributed by atoms with Crippen molar-refractivity contribution >= 4 is 11.6 Å². The lowest BCUT2D eigenvalue weighted by Crippen LogP contribution is -2.12. The van der Waals surface area contributed by atoms with E-state index in [1.54, 1.807) is 19.2 Å². The lowest BCUT2D eigenvalue weighted by molar-refractivity contribution is -0.0149. The lowest BCUT2D eigenvalue weighted by Gasteiger charge is -2.22. The number of aliphatic hydroxyl groups excluding tert-OH is 1. The highest BCUT2D eigenvalue weighted by atomic mass is 35.5. The van der Waals surface area contributed by atoms with Gasteiger partial charge in [0.25, 0.3) is 0 Å². The van der Waals surface area contributed by atoms with Crippen molar-refractivity contribution in [1.82, 2.24) is 0 Å². The molecule has 0 amide bonds. The minimum Gasteiger partial charge on any atom is -0.385 e. The highest BCUT2D eigenvalue weighted by molar-refractivity contribution is 6.30. The molecule has 1 N–H and O–H groups in total. The van der Waals surface area contributed by atoms with Crippen molar-refractivity contribution in [3.05, 3.63) is 70.7 Å². The van der Waals surface area contributed by atoms with Gasteiger partial charge in [0.15, 0.2) is 0 Å². The van der Waals surface area contributed by atoms with Gasteiger partial charge in [-0.05, 0) is 23.3 Å². The van der Waals surface area contributed by atoms with Crippen molar-refractivity contribution in [3.63, 3.8) is 0 Å². The number of hydrogen-bond donors (Lipinski definition) is 1. The molecule has 0 saturated heterocycles. The van der Waals surface area contributed by atoms with Crippen LogP contribution in [0.2, 0.25) is 5.02 Å². The molecule has 2 atom stereocenters. The summed E-state index contributed by atoms with van der Waals surface area (Å²) in [5.74, 6) is 0. The molecule has 0 fully saturated rings. The van der Waals surface area contributed by atoms with Gasteiger partial charge in [-0.1, -0.05) is 54.1 Å². The molecular formula is C15H15ClO2. The van der Waals surface area contributed by atoms with Crippen LogP contribution in [0.5, 0.6) is 0 Å². The first-order valence-corrected chi connectivity index (χ1v) is 6.11. The molecule has 0 aliphatic rings. The third-order valence-electron chi connectivity index (χ3n) is 2.88. The van der Waals surface area contributed by atoms with E-state index in [2.05, 4.69) is 0 Å². The highest BCUT2D eigenvalue weighted by Crippen LogP contribution is 2.31. The second kappa shape index (κ2) is 6.01. The molecule has 0 spiro atoms. The van der Waals surface area contributed by atoms with Crippen molar-refractivity contribution in [1.29, 1.82) is 0 Å². The normalized spacial score (nSPS) is 14.2.